The van der Waals surface area contributed by atoms with Crippen LogP contribution in [0.25, 0.3) is 0 Å². The molecular weight excluding hydrogens is 340 g/mol. The van der Waals surface area contributed by atoms with E-state index in [2.05, 4.69) is 37.0 Å². The zero-order valence-electron chi connectivity index (χ0n) is 14.2. The fourth-order valence-electron chi connectivity index (χ4n) is 2.56. The van der Waals surface area contributed by atoms with E-state index in [1.54, 1.807) is 22.7 Å². The van der Waals surface area contributed by atoms with Crippen molar-refractivity contribution < 1.29 is 4.79 Å². The molecule has 1 aliphatic rings. The topological polar surface area (TPSA) is 117 Å². The molecule has 2 aromatic heterocycles. The summed E-state index contributed by atoms with van der Waals surface area (Å²) >= 11 is 1.63. The number of carbonyl (C=O) groups excluding carboxylic acids is 1. The van der Waals surface area contributed by atoms with Crippen molar-refractivity contribution in [2.75, 3.05) is 42.6 Å². The summed E-state index contributed by atoms with van der Waals surface area (Å²) in [5.41, 5.74) is 5.94. The number of nitrogens with one attached hydrogen (secondary N) is 1. The first-order valence-electron chi connectivity index (χ1n) is 8.34. The van der Waals surface area contributed by atoms with Gasteiger partial charge in [-0.25, -0.2) is 15.0 Å². The number of hydrogen-bond donors (Lipinski definition) is 2. The van der Waals surface area contributed by atoms with Gasteiger partial charge in [0, 0.05) is 38.0 Å². The highest BCUT2D eigenvalue weighted by Gasteiger charge is 2.24. The maximum absolute atomic E-state index is 12.3. The molecule has 3 rings (SSSR count). The minimum atomic E-state index is -0.129. The minimum absolute atomic E-state index is 0.129. The summed E-state index contributed by atoms with van der Waals surface area (Å²) in [5, 5.41) is 7.05. The molecule has 0 radical (unpaired) electrons. The molecule has 1 amide bonds. The van der Waals surface area contributed by atoms with Crippen LogP contribution in [-0.4, -0.2) is 67.9 Å². The number of unbranched alkanes of at least 4 members (excludes halogenated alkanes) is 1. The molecule has 0 aromatic carbocycles. The third-order valence-electron chi connectivity index (χ3n) is 3.95. The van der Waals surface area contributed by atoms with Gasteiger partial charge in [0.1, 0.15) is 18.0 Å². The van der Waals surface area contributed by atoms with Crippen LogP contribution in [-0.2, 0) is 0 Å². The zero-order chi connectivity index (χ0) is 17.6. The number of anilines is 2. The lowest BCUT2D eigenvalue weighted by Gasteiger charge is -2.35. The van der Waals surface area contributed by atoms with E-state index in [9.17, 15) is 4.79 Å². The van der Waals surface area contributed by atoms with Gasteiger partial charge in [-0.1, -0.05) is 25.1 Å². The molecule has 0 saturated carbocycles. The van der Waals surface area contributed by atoms with E-state index < -0.39 is 0 Å². The third kappa shape index (κ3) is 4.38. The molecule has 0 aliphatic carbocycles. The van der Waals surface area contributed by atoms with E-state index in [1.807, 2.05) is 0 Å². The number of nitrogen functional groups attached to an aromatic ring is 1. The van der Waals surface area contributed by atoms with Gasteiger partial charge in [0.2, 0.25) is 5.82 Å². The number of rotatable bonds is 6. The van der Waals surface area contributed by atoms with Gasteiger partial charge >= 0.3 is 0 Å². The molecule has 1 saturated heterocycles. The fraction of sp³-hybridized carbons (Fsp3) is 0.533. The summed E-state index contributed by atoms with van der Waals surface area (Å²) in [6.07, 6.45) is 3.61. The molecular formula is C15H22N8OS. The van der Waals surface area contributed by atoms with Crippen molar-refractivity contribution in [2.45, 2.75) is 24.9 Å². The Hall–Kier alpha value is -2.36. The Morgan fingerprint density at radius 1 is 1.32 bits per heavy atom. The lowest BCUT2D eigenvalue weighted by atomic mass is 10.3. The second-order valence-electron chi connectivity index (χ2n) is 5.75. The van der Waals surface area contributed by atoms with Crippen molar-refractivity contribution in [1.82, 2.24) is 30.0 Å². The van der Waals surface area contributed by atoms with Gasteiger partial charge in [0.25, 0.3) is 5.91 Å². The highest BCUT2D eigenvalue weighted by molar-refractivity contribution is 7.99. The first-order chi connectivity index (χ1) is 12.2. The van der Waals surface area contributed by atoms with Crippen molar-refractivity contribution in [3.63, 3.8) is 0 Å². The van der Waals surface area contributed by atoms with E-state index in [4.69, 9.17) is 5.73 Å². The molecule has 9 nitrogen and oxygen atoms in total. The summed E-state index contributed by atoms with van der Waals surface area (Å²) in [6, 6.07) is 1.79. The van der Waals surface area contributed by atoms with Crippen LogP contribution in [0.4, 0.5) is 11.6 Å². The van der Waals surface area contributed by atoms with Crippen molar-refractivity contribution >= 4 is 29.3 Å². The molecule has 1 fully saturated rings. The number of amides is 1. The number of H-pyrrole nitrogens is 1. The molecule has 0 spiro atoms. The lowest BCUT2D eigenvalue weighted by Crippen LogP contribution is -2.49. The first-order valence-corrected chi connectivity index (χ1v) is 9.33. The van der Waals surface area contributed by atoms with Gasteiger partial charge in [-0.2, -0.15) is 5.10 Å². The van der Waals surface area contributed by atoms with Gasteiger partial charge in [0.15, 0.2) is 5.16 Å². The SMILES string of the molecule is CCCCSc1nc(N)cc(N2CCN(C(=O)c3ncn[nH]3)CC2)n1. The average molecular weight is 362 g/mol. The number of piperazine rings is 1. The van der Waals surface area contributed by atoms with Gasteiger partial charge in [-0.3, -0.25) is 9.89 Å². The Balaban J connectivity index is 1.61. The van der Waals surface area contributed by atoms with Crippen molar-refractivity contribution in [3.05, 3.63) is 18.2 Å². The zero-order valence-corrected chi connectivity index (χ0v) is 15.0. The number of carbonyl (C=O) groups is 1. The standard InChI is InChI=1S/C15H22N8OS/c1-2-3-8-25-15-19-11(16)9-12(20-15)22-4-6-23(7-5-22)14(24)13-17-10-18-21-13/h9-10H,2-8H2,1H3,(H2,16,19,20)(H,17,18,21). The maximum Gasteiger partial charge on any atom is 0.291 e. The van der Waals surface area contributed by atoms with Crippen molar-refractivity contribution in [3.8, 4) is 0 Å². The normalized spacial score (nSPS) is 14.8. The molecule has 1 aliphatic heterocycles. The molecule has 2 aromatic rings. The molecule has 25 heavy (non-hydrogen) atoms. The highest BCUT2D eigenvalue weighted by atomic mass is 32.2. The van der Waals surface area contributed by atoms with Crippen LogP contribution in [0.5, 0.6) is 0 Å². The van der Waals surface area contributed by atoms with Crippen LogP contribution >= 0.6 is 11.8 Å². The Morgan fingerprint density at radius 2 is 2.12 bits per heavy atom. The number of nitrogens with two attached hydrogens (primary N) is 1. The van der Waals surface area contributed by atoms with Crippen LogP contribution < -0.4 is 10.6 Å². The summed E-state index contributed by atoms with van der Waals surface area (Å²) in [4.78, 5) is 29.0. The largest absolute Gasteiger partial charge is 0.383 e. The van der Waals surface area contributed by atoms with E-state index in [1.165, 1.54) is 6.33 Å². The molecule has 0 atom stereocenters. The van der Waals surface area contributed by atoms with Gasteiger partial charge in [-0.15, -0.1) is 0 Å². The number of aromatic amines is 1. The molecule has 10 heteroatoms. The Labute approximate surface area is 150 Å². The van der Waals surface area contributed by atoms with Crippen molar-refractivity contribution in [2.24, 2.45) is 0 Å². The van der Waals surface area contributed by atoms with Crippen LogP contribution in [0.1, 0.15) is 30.4 Å². The summed E-state index contributed by atoms with van der Waals surface area (Å²) in [6.45, 7) is 4.74. The average Bonchev–Trinajstić information content (AvgIpc) is 3.16. The molecule has 3 heterocycles. The number of hydrogen-bond acceptors (Lipinski definition) is 8. The summed E-state index contributed by atoms with van der Waals surface area (Å²) in [7, 11) is 0. The molecule has 3 N–H and O–H groups in total. The second-order valence-corrected chi connectivity index (χ2v) is 6.81. The van der Waals surface area contributed by atoms with E-state index in [-0.39, 0.29) is 11.7 Å². The van der Waals surface area contributed by atoms with E-state index in [0.29, 0.717) is 37.2 Å². The van der Waals surface area contributed by atoms with Gasteiger partial charge in [0.05, 0.1) is 0 Å². The predicted octanol–water partition coefficient (Wildman–Crippen LogP) is 1.03. The second kappa shape index (κ2) is 8.15. The van der Waals surface area contributed by atoms with E-state index in [0.717, 1.165) is 24.4 Å². The Bertz CT molecular complexity index is 700. The maximum atomic E-state index is 12.3. The predicted molar refractivity (Wildman–Crippen MR) is 96.6 cm³/mol. The summed E-state index contributed by atoms with van der Waals surface area (Å²) in [5.74, 6) is 2.42. The van der Waals surface area contributed by atoms with Gasteiger partial charge < -0.3 is 15.5 Å². The quantitative estimate of drug-likeness (QED) is 0.444. The molecule has 0 unspecified atom stereocenters. The van der Waals surface area contributed by atoms with Crippen LogP contribution in [0, 0.1) is 0 Å². The highest BCUT2D eigenvalue weighted by Crippen LogP contribution is 2.22. The number of nitrogens with zero attached hydrogens (tertiary/aromatic N) is 6. The van der Waals surface area contributed by atoms with Crippen LogP contribution in [0.3, 0.4) is 0 Å². The monoisotopic (exact) mass is 362 g/mol. The van der Waals surface area contributed by atoms with Crippen molar-refractivity contribution in [1.29, 1.82) is 0 Å². The third-order valence-corrected chi connectivity index (χ3v) is 4.88. The van der Waals surface area contributed by atoms with Gasteiger partial charge in [-0.05, 0) is 6.42 Å². The van der Waals surface area contributed by atoms with E-state index >= 15 is 0 Å². The Morgan fingerprint density at radius 3 is 2.80 bits per heavy atom. The molecule has 0 bridgehead atoms. The smallest absolute Gasteiger partial charge is 0.291 e. The van der Waals surface area contributed by atoms with Crippen LogP contribution in [0.15, 0.2) is 17.6 Å². The fourth-order valence-corrected chi connectivity index (χ4v) is 3.51. The minimum Gasteiger partial charge on any atom is -0.383 e. The van der Waals surface area contributed by atoms with Crippen LogP contribution in [0.2, 0.25) is 0 Å². The number of thioether (sulfide) groups is 1. The number of aromatic nitrogens is 5. The first kappa shape index (κ1) is 17.5. The summed E-state index contributed by atoms with van der Waals surface area (Å²) < 4.78 is 0. The molecule has 134 valence electrons. The lowest BCUT2D eigenvalue weighted by molar-refractivity contribution is 0.0734. The Kier molecular flexibility index (Phi) is 5.69.